The van der Waals surface area contributed by atoms with Crippen molar-refractivity contribution in [1.82, 2.24) is 19.9 Å². The van der Waals surface area contributed by atoms with Gasteiger partial charge in [-0.15, -0.1) is 0 Å². The molecule has 1 atom stereocenters. The number of nitrogens with one attached hydrogen (secondary N) is 2. The molecule has 1 unspecified atom stereocenters. The second-order valence-electron chi connectivity index (χ2n) is 6.72. The van der Waals surface area contributed by atoms with E-state index in [2.05, 4.69) is 20.3 Å². The third-order valence-corrected chi connectivity index (χ3v) is 4.79. The molecular formula is C19H20N6O2. The minimum Gasteiger partial charge on any atom is -0.441 e. The zero-order valence-corrected chi connectivity index (χ0v) is 15.0. The first-order valence-corrected chi connectivity index (χ1v) is 8.96. The number of likely N-dealkylation sites (tertiary alicyclic amines) is 1. The van der Waals surface area contributed by atoms with Crippen LogP contribution in [0.5, 0.6) is 0 Å². The lowest BCUT2D eigenvalue weighted by Gasteiger charge is -2.33. The van der Waals surface area contributed by atoms with Gasteiger partial charge in [-0.2, -0.15) is 5.26 Å². The minimum absolute atomic E-state index is 0.0785. The number of aromatic nitrogens is 3. The molecule has 0 spiro atoms. The number of pyridine rings is 1. The van der Waals surface area contributed by atoms with Gasteiger partial charge in [0.2, 0.25) is 11.8 Å². The number of hydrogen-bond acceptors (Lipinski definition) is 6. The number of rotatable bonds is 4. The molecular weight excluding hydrogens is 344 g/mol. The lowest BCUT2D eigenvalue weighted by molar-refractivity contribution is -0.131. The van der Waals surface area contributed by atoms with Crippen molar-refractivity contribution in [1.29, 1.82) is 5.26 Å². The minimum atomic E-state index is -0.117. The van der Waals surface area contributed by atoms with E-state index < -0.39 is 0 Å². The van der Waals surface area contributed by atoms with Crippen molar-refractivity contribution in [3.63, 3.8) is 0 Å². The number of aromatic amines is 1. The Morgan fingerprint density at radius 1 is 1.48 bits per heavy atom. The highest BCUT2D eigenvalue weighted by molar-refractivity contribution is 5.97. The maximum Gasteiger partial charge on any atom is 0.236 e. The van der Waals surface area contributed by atoms with E-state index in [1.54, 1.807) is 17.3 Å². The second kappa shape index (κ2) is 7.11. The molecule has 2 N–H and O–H groups in total. The fourth-order valence-corrected chi connectivity index (χ4v) is 3.51. The van der Waals surface area contributed by atoms with Gasteiger partial charge in [0.1, 0.15) is 17.8 Å². The molecule has 0 bridgehead atoms. The Morgan fingerprint density at radius 2 is 2.37 bits per heavy atom. The molecule has 0 saturated carbocycles. The predicted octanol–water partition coefficient (Wildman–Crippen LogP) is 2.84. The van der Waals surface area contributed by atoms with E-state index in [4.69, 9.17) is 9.68 Å². The Bertz CT molecular complexity index is 1010. The second-order valence-corrected chi connectivity index (χ2v) is 6.72. The molecule has 1 aliphatic rings. The molecule has 27 heavy (non-hydrogen) atoms. The van der Waals surface area contributed by atoms with E-state index >= 15 is 0 Å². The van der Waals surface area contributed by atoms with Crippen molar-refractivity contribution in [3.05, 3.63) is 30.4 Å². The van der Waals surface area contributed by atoms with Gasteiger partial charge in [-0.1, -0.05) is 0 Å². The van der Waals surface area contributed by atoms with Crippen LogP contribution in [0.4, 0.5) is 5.69 Å². The van der Waals surface area contributed by atoms with Crippen molar-refractivity contribution < 1.29 is 9.21 Å². The number of aryl methyl sites for hydroxylation is 1. The molecule has 138 valence electrons. The topological polar surface area (TPSA) is 111 Å². The monoisotopic (exact) mass is 364 g/mol. The summed E-state index contributed by atoms with van der Waals surface area (Å²) in [5.74, 6) is 1.13. The van der Waals surface area contributed by atoms with Gasteiger partial charge in [0.05, 0.1) is 23.5 Å². The SMILES string of the molecule is Cc1cnc(-c2cnc3[nH]ccc3c2NC2CCCN(C(=O)CC#N)C2)o1. The highest BCUT2D eigenvalue weighted by Crippen LogP contribution is 2.34. The third kappa shape index (κ3) is 3.36. The molecule has 0 aliphatic carbocycles. The van der Waals surface area contributed by atoms with Gasteiger partial charge in [0, 0.05) is 36.9 Å². The zero-order valence-electron chi connectivity index (χ0n) is 15.0. The predicted molar refractivity (Wildman–Crippen MR) is 99.8 cm³/mol. The standard InChI is InChI=1S/C19H20N6O2/c1-12-9-23-19(27-12)15-10-22-18-14(5-7-21-18)17(15)24-13-3-2-8-25(11-13)16(26)4-6-20/h5,7,9-10,13H,2-4,8,11H2,1H3,(H2,21,22,24). The first-order chi connectivity index (χ1) is 13.2. The van der Waals surface area contributed by atoms with Gasteiger partial charge in [-0.05, 0) is 25.8 Å². The highest BCUT2D eigenvalue weighted by atomic mass is 16.4. The summed E-state index contributed by atoms with van der Waals surface area (Å²) in [6.07, 6.45) is 7.03. The number of nitrogens with zero attached hydrogens (tertiary/aromatic N) is 4. The third-order valence-electron chi connectivity index (χ3n) is 4.79. The highest BCUT2D eigenvalue weighted by Gasteiger charge is 2.25. The summed E-state index contributed by atoms with van der Waals surface area (Å²) >= 11 is 0. The van der Waals surface area contributed by atoms with Crippen molar-refractivity contribution in [2.24, 2.45) is 0 Å². The van der Waals surface area contributed by atoms with Gasteiger partial charge < -0.3 is 19.6 Å². The molecule has 3 aromatic rings. The lowest BCUT2D eigenvalue weighted by Crippen LogP contribution is -2.45. The maximum atomic E-state index is 12.1. The molecule has 4 heterocycles. The summed E-state index contributed by atoms with van der Waals surface area (Å²) in [7, 11) is 0. The fraction of sp³-hybridized carbons (Fsp3) is 0.368. The molecule has 1 amide bonds. The Labute approximate surface area is 156 Å². The molecule has 3 aromatic heterocycles. The number of nitriles is 1. The first-order valence-electron chi connectivity index (χ1n) is 8.96. The molecule has 0 aromatic carbocycles. The van der Waals surface area contributed by atoms with Crippen molar-refractivity contribution in [3.8, 4) is 17.5 Å². The molecule has 8 nitrogen and oxygen atoms in total. The summed E-state index contributed by atoms with van der Waals surface area (Å²) < 4.78 is 5.71. The summed E-state index contributed by atoms with van der Waals surface area (Å²) in [5, 5.41) is 13.3. The van der Waals surface area contributed by atoms with Gasteiger partial charge in [-0.3, -0.25) is 4.79 Å². The van der Waals surface area contributed by atoms with E-state index in [0.717, 1.165) is 40.9 Å². The largest absolute Gasteiger partial charge is 0.441 e. The number of carbonyl (C=O) groups excluding carboxylic acids is 1. The van der Waals surface area contributed by atoms with E-state index in [-0.39, 0.29) is 18.4 Å². The summed E-state index contributed by atoms with van der Waals surface area (Å²) in [6, 6.07) is 3.98. The Morgan fingerprint density at radius 3 is 3.15 bits per heavy atom. The average Bonchev–Trinajstić information content (AvgIpc) is 3.31. The molecule has 8 heteroatoms. The molecule has 1 saturated heterocycles. The van der Waals surface area contributed by atoms with E-state index in [9.17, 15) is 4.79 Å². The van der Waals surface area contributed by atoms with E-state index in [0.29, 0.717) is 19.0 Å². The van der Waals surface area contributed by atoms with Crippen LogP contribution in [0.25, 0.3) is 22.5 Å². The molecule has 4 rings (SSSR count). The maximum absolute atomic E-state index is 12.1. The first kappa shape index (κ1) is 17.1. The molecule has 1 fully saturated rings. The summed E-state index contributed by atoms with van der Waals surface area (Å²) in [4.78, 5) is 25.8. The van der Waals surface area contributed by atoms with Crippen LogP contribution in [-0.4, -0.2) is 44.9 Å². The number of carbonyl (C=O) groups is 1. The van der Waals surface area contributed by atoms with Crippen LogP contribution in [0, 0.1) is 18.3 Å². The zero-order chi connectivity index (χ0) is 18.8. The summed E-state index contributed by atoms with van der Waals surface area (Å²) in [6.45, 7) is 3.12. The quantitative estimate of drug-likeness (QED) is 0.736. The fourth-order valence-electron chi connectivity index (χ4n) is 3.51. The van der Waals surface area contributed by atoms with Crippen LogP contribution in [0.2, 0.25) is 0 Å². The lowest BCUT2D eigenvalue weighted by atomic mass is 10.0. The van der Waals surface area contributed by atoms with Crippen LogP contribution in [0.1, 0.15) is 25.0 Å². The Kier molecular flexibility index (Phi) is 4.50. The van der Waals surface area contributed by atoms with Gasteiger partial charge >= 0.3 is 0 Å². The number of oxazole rings is 1. The number of hydrogen-bond donors (Lipinski definition) is 2. The molecule has 1 aliphatic heterocycles. The van der Waals surface area contributed by atoms with Crippen LogP contribution < -0.4 is 5.32 Å². The average molecular weight is 364 g/mol. The number of anilines is 1. The van der Waals surface area contributed by atoms with Gasteiger partial charge in [0.25, 0.3) is 0 Å². The van der Waals surface area contributed by atoms with Crippen molar-refractivity contribution in [2.75, 3.05) is 18.4 Å². The molecule has 0 radical (unpaired) electrons. The van der Waals surface area contributed by atoms with Crippen LogP contribution >= 0.6 is 0 Å². The Hall–Kier alpha value is -3.34. The Balaban J connectivity index is 1.65. The summed E-state index contributed by atoms with van der Waals surface area (Å²) in [5.41, 5.74) is 2.45. The van der Waals surface area contributed by atoms with Crippen LogP contribution in [-0.2, 0) is 4.79 Å². The number of H-pyrrole nitrogens is 1. The number of amides is 1. The van der Waals surface area contributed by atoms with Crippen molar-refractivity contribution >= 4 is 22.6 Å². The van der Waals surface area contributed by atoms with Crippen LogP contribution in [0.3, 0.4) is 0 Å². The van der Waals surface area contributed by atoms with Crippen LogP contribution in [0.15, 0.2) is 29.1 Å². The van der Waals surface area contributed by atoms with Gasteiger partial charge in [0.15, 0.2) is 0 Å². The normalized spacial score (nSPS) is 17.0. The smallest absolute Gasteiger partial charge is 0.236 e. The van der Waals surface area contributed by atoms with Gasteiger partial charge in [-0.25, -0.2) is 9.97 Å². The number of fused-ring (bicyclic) bond motifs is 1. The van der Waals surface area contributed by atoms with Crippen molar-refractivity contribution in [2.45, 2.75) is 32.2 Å². The van der Waals surface area contributed by atoms with E-state index in [1.165, 1.54) is 0 Å². The number of piperidine rings is 1. The van der Waals surface area contributed by atoms with E-state index in [1.807, 2.05) is 25.3 Å².